The summed E-state index contributed by atoms with van der Waals surface area (Å²) in [5.41, 5.74) is 6.22. The number of amides is 1. The van der Waals surface area contributed by atoms with Crippen LogP contribution in [0.3, 0.4) is 0 Å². The molecule has 4 heteroatoms. The van der Waals surface area contributed by atoms with E-state index in [4.69, 9.17) is 5.73 Å². The van der Waals surface area contributed by atoms with Crippen molar-refractivity contribution >= 4 is 11.6 Å². The lowest BCUT2D eigenvalue weighted by atomic mass is 10.3. The number of carbonyl (C=O) groups is 1. The zero-order chi connectivity index (χ0) is 10.4. The SMILES string of the molecule is CCN(C(=O)CCN)c1ccncc1. The van der Waals surface area contributed by atoms with E-state index >= 15 is 0 Å². The van der Waals surface area contributed by atoms with E-state index in [1.54, 1.807) is 17.3 Å². The van der Waals surface area contributed by atoms with Crippen molar-refractivity contribution in [1.29, 1.82) is 0 Å². The Labute approximate surface area is 83.7 Å². The second-order valence-electron chi connectivity index (χ2n) is 2.88. The van der Waals surface area contributed by atoms with Gasteiger partial charge in [-0.1, -0.05) is 0 Å². The maximum Gasteiger partial charge on any atom is 0.228 e. The highest BCUT2D eigenvalue weighted by Gasteiger charge is 2.11. The van der Waals surface area contributed by atoms with E-state index < -0.39 is 0 Å². The first-order valence-corrected chi connectivity index (χ1v) is 4.70. The first-order valence-electron chi connectivity index (χ1n) is 4.70. The normalized spacial score (nSPS) is 9.86. The summed E-state index contributed by atoms with van der Waals surface area (Å²) in [6.45, 7) is 2.98. The van der Waals surface area contributed by atoms with Crippen molar-refractivity contribution < 1.29 is 4.79 Å². The van der Waals surface area contributed by atoms with E-state index in [0.717, 1.165) is 5.69 Å². The van der Waals surface area contributed by atoms with Crippen LogP contribution in [0.4, 0.5) is 5.69 Å². The van der Waals surface area contributed by atoms with Crippen LogP contribution in [-0.4, -0.2) is 24.0 Å². The Balaban J connectivity index is 2.77. The molecule has 0 atom stereocenters. The predicted octanol–water partition coefficient (Wildman–Crippen LogP) is 0.783. The number of hydrogen-bond donors (Lipinski definition) is 1. The summed E-state index contributed by atoms with van der Waals surface area (Å²) in [5.74, 6) is 0.0567. The molecule has 0 unspecified atom stereocenters. The second kappa shape index (κ2) is 5.34. The highest BCUT2D eigenvalue weighted by atomic mass is 16.2. The lowest BCUT2D eigenvalue weighted by Gasteiger charge is -2.20. The molecule has 0 aliphatic carbocycles. The molecule has 1 aromatic heterocycles. The van der Waals surface area contributed by atoms with Crippen LogP contribution < -0.4 is 10.6 Å². The minimum Gasteiger partial charge on any atom is -0.330 e. The molecule has 0 spiro atoms. The van der Waals surface area contributed by atoms with Crippen LogP contribution in [0.15, 0.2) is 24.5 Å². The van der Waals surface area contributed by atoms with Gasteiger partial charge in [0.2, 0.25) is 5.91 Å². The fraction of sp³-hybridized carbons (Fsp3) is 0.400. The molecule has 0 bridgehead atoms. The molecular weight excluding hydrogens is 178 g/mol. The molecule has 0 radical (unpaired) electrons. The lowest BCUT2D eigenvalue weighted by Crippen LogP contribution is -2.31. The van der Waals surface area contributed by atoms with Crippen LogP contribution in [0.5, 0.6) is 0 Å². The number of aromatic nitrogens is 1. The Bertz CT molecular complexity index is 287. The Hall–Kier alpha value is -1.42. The number of carbonyl (C=O) groups excluding carboxylic acids is 1. The largest absolute Gasteiger partial charge is 0.330 e. The van der Waals surface area contributed by atoms with Gasteiger partial charge >= 0.3 is 0 Å². The molecule has 1 heterocycles. The minimum absolute atomic E-state index is 0.0567. The molecule has 1 rings (SSSR count). The Morgan fingerprint density at radius 1 is 1.50 bits per heavy atom. The average molecular weight is 193 g/mol. The Kier molecular flexibility index (Phi) is 4.07. The van der Waals surface area contributed by atoms with Gasteiger partial charge in [-0.25, -0.2) is 0 Å². The molecule has 0 saturated carbocycles. The third-order valence-corrected chi connectivity index (χ3v) is 1.95. The second-order valence-corrected chi connectivity index (χ2v) is 2.88. The maximum absolute atomic E-state index is 11.6. The highest BCUT2D eigenvalue weighted by molar-refractivity contribution is 5.93. The van der Waals surface area contributed by atoms with Crippen LogP contribution in [0.2, 0.25) is 0 Å². The fourth-order valence-electron chi connectivity index (χ4n) is 1.29. The summed E-state index contributed by atoms with van der Waals surface area (Å²) in [4.78, 5) is 17.2. The molecule has 0 aliphatic heterocycles. The van der Waals surface area contributed by atoms with Gasteiger partial charge < -0.3 is 10.6 Å². The minimum atomic E-state index is 0.0567. The molecule has 0 fully saturated rings. The molecule has 1 aromatic rings. The average Bonchev–Trinajstić information content (AvgIpc) is 2.21. The van der Waals surface area contributed by atoms with E-state index in [1.807, 2.05) is 19.1 Å². The van der Waals surface area contributed by atoms with Crippen molar-refractivity contribution in [1.82, 2.24) is 4.98 Å². The van der Waals surface area contributed by atoms with Crippen LogP contribution in [0.25, 0.3) is 0 Å². The quantitative estimate of drug-likeness (QED) is 0.768. The van der Waals surface area contributed by atoms with Crippen LogP contribution in [0, 0.1) is 0 Å². The van der Waals surface area contributed by atoms with Gasteiger partial charge in [0.25, 0.3) is 0 Å². The Morgan fingerprint density at radius 2 is 2.14 bits per heavy atom. The number of anilines is 1. The Morgan fingerprint density at radius 3 is 2.64 bits per heavy atom. The van der Waals surface area contributed by atoms with Gasteiger partial charge in [-0.3, -0.25) is 9.78 Å². The highest BCUT2D eigenvalue weighted by Crippen LogP contribution is 2.12. The van der Waals surface area contributed by atoms with Gasteiger partial charge in [0.1, 0.15) is 0 Å². The van der Waals surface area contributed by atoms with Crippen LogP contribution in [0.1, 0.15) is 13.3 Å². The summed E-state index contributed by atoms with van der Waals surface area (Å²) in [7, 11) is 0. The first-order chi connectivity index (χ1) is 6.79. The zero-order valence-corrected chi connectivity index (χ0v) is 8.31. The first kappa shape index (κ1) is 10.7. The van der Waals surface area contributed by atoms with Crippen molar-refractivity contribution in [2.24, 2.45) is 5.73 Å². The third kappa shape index (κ3) is 2.53. The van der Waals surface area contributed by atoms with Gasteiger partial charge in [0, 0.05) is 37.6 Å². The smallest absolute Gasteiger partial charge is 0.228 e. The van der Waals surface area contributed by atoms with Crippen molar-refractivity contribution in [2.75, 3.05) is 18.0 Å². The molecule has 0 aromatic carbocycles. The van der Waals surface area contributed by atoms with E-state index in [2.05, 4.69) is 4.98 Å². The number of rotatable bonds is 4. The molecule has 0 saturated heterocycles. The monoisotopic (exact) mass is 193 g/mol. The molecule has 14 heavy (non-hydrogen) atoms. The maximum atomic E-state index is 11.6. The van der Waals surface area contributed by atoms with Crippen molar-refractivity contribution in [2.45, 2.75) is 13.3 Å². The summed E-state index contributed by atoms with van der Waals surface area (Å²) >= 11 is 0. The summed E-state index contributed by atoms with van der Waals surface area (Å²) in [6, 6.07) is 3.63. The van der Waals surface area contributed by atoms with Crippen LogP contribution in [-0.2, 0) is 4.79 Å². The van der Waals surface area contributed by atoms with E-state index in [-0.39, 0.29) is 5.91 Å². The van der Waals surface area contributed by atoms with E-state index in [0.29, 0.717) is 19.5 Å². The molecular formula is C10H15N3O. The van der Waals surface area contributed by atoms with Crippen LogP contribution >= 0.6 is 0 Å². The van der Waals surface area contributed by atoms with Crippen molar-refractivity contribution in [3.8, 4) is 0 Å². The molecule has 76 valence electrons. The number of pyridine rings is 1. The topological polar surface area (TPSA) is 59.2 Å². The van der Waals surface area contributed by atoms with Gasteiger partial charge in [0.15, 0.2) is 0 Å². The van der Waals surface area contributed by atoms with Gasteiger partial charge in [0.05, 0.1) is 0 Å². The fourth-order valence-corrected chi connectivity index (χ4v) is 1.29. The molecule has 2 N–H and O–H groups in total. The zero-order valence-electron chi connectivity index (χ0n) is 8.31. The van der Waals surface area contributed by atoms with Gasteiger partial charge in [-0.2, -0.15) is 0 Å². The number of nitrogens with two attached hydrogens (primary N) is 1. The van der Waals surface area contributed by atoms with E-state index in [1.165, 1.54) is 0 Å². The number of nitrogens with zero attached hydrogens (tertiary/aromatic N) is 2. The summed E-state index contributed by atoms with van der Waals surface area (Å²) in [6.07, 6.45) is 3.73. The van der Waals surface area contributed by atoms with Crippen molar-refractivity contribution in [3.63, 3.8) is 0 Å². The standard InChI is InChI=1S/C10H15N3O/c1-2-13(10(14)3-6-11)9-4-7-12-8-5-9/h4-5,7-8H,2-3,6,11H2,1H3. The van der Waals surface area contributed by atoms with Gasteiger partial charge in [-0.05, 0) is 19.1 Å². The molecule has 0 aliphatic rings. The lowest BCUT2D eigenvalue weighted by molar-refractivity contribution is -0.118. The van der Waals surface area contributed by atoms with Crippen molar-refractivity contribution in [3.05, 3.63) is 24.5 Å². The third-order valence-electron chi connectivity index (χ3n) is 1.95. The summed E-state index contributed by atoms with van der Waals surface area (Å²) < 4.78 is 0. The number of hydrogen-bond acceptors (Lipinski definition) is 3. The van der Waals surface area contributed by atoms with E-state index in [9.17, 15) is 4.79 Å². The predicted molar refractivity (Wildman–Crippen MR) is 55.9 cm³/mol. The molecule has 4 nitrogen and oxygen atoms in total. The summed E-state index contributed by atoms with van der Waals surface area (Å²) in [5, 5.41) is 0. The van der Waals surface area contributed by atoms with Gasteiger partial charge in [-0.15, -0.1) is 0 Å². The molecule has 1 amide bonds.